The molecule has 1 aliphatic heterocycles. The topological polar surface area (TPSA) is 46.5 Å². The first kappa shape index (κ1) is 11.6. The van der Waals surface area contributed by atoms with Crippen LogP contribution in [0.4, 0.5) is 0 Å². The maximum atomic E-state index is 11.6. The van der Waals surface area contributed by atoms with Crippen LogP contribution in [0.3, 0.4) is 0 Å². The number of cyclic esters (lactones) is 1. The second-order valence-corrected chi connectivity index (χ2v) is 6.50. The Morgan fingerprint density at radius 3 is 2.75 bits per heavy atom. The molecule has 1 aromatic carbocycles. The number of aliphatic hydroxyl groups is 1. The molecule has 1 N–H and O–H groups in total. The van der Waals surface area contributed by atoms with E-state index in [4.69, 9.17) is 4.74 Å². The molecule has 1 aliphatic rings. The molecule has 0 radical (unpaired) electrons. The maximum absolute atomic E-state index is 11.6. The molecule has 3 atom stereocenters. The summed E-state index contributed by atoms with van der Waals surface area (Å²) in [6.45, 7) is 2.24. The molecule has 1 fully saturated rings. The van der Waals surface area contributed by atoms with E-state index in [9.17, 15) is 9.90 Å². The van der Waals surface area contributed by atoms with Crippen molar-refractivity contribution in [2.75, 3.05) is 6.61 Å². The Balaban J connectivity index is 2.10. The quantitative estimate of drug-likeness (QED) is 0.630. The van der Waals surface area contributed by atoms with Gasteiger partial charge in [0.05, 0.1) is 0 Å². The van der Waals surface area contributed by atoms with Gasteiger partial charge in [-0.2, -0.15) is 0 Å². The van der Waals surface area contributed by atoms with Gasteiger partial charge >= 0.3 is 101 Å². The van der Waals surface area contributed by atoms with Crippen molar-refractivity contribution >= 4 is 25.4 Å². The van der Waals surface area contributed by atoms with E-state index in [2.05, 4.69) is 0 Å². The van der Waals surface area contributed by atoms with E-state index in [-0.39, 0.29) is 31.7 Å². The predicted octanol–water partition coefficient (Wildman–Crippen LogP) is 0.358. The zero-order chi connectivity index (χ0) is 11.5. The van der Waals surface area contributed by atoms with Gasteiger partial charge in [-0.1, -0.05) is 0 Å². The minimum absolute atomic E-state index is 0.0355. The molecule has 0 aliphatic carbocycles. The number of carbonyl (C=O) groups is 1. The van der Waals surface area contributed by atoms with E-state index in [0.717, 1.165) is 4.46 Å². The van der Waals surface area contributed by atoms with E-state index >= 15 is 0 Å². The first-order valence-electron chi connectivity index (χ1n) is 5.25. The van der Waals surface area contributed by atoms with Crippen LogP contribution in [-0.2, 0) is 9.53 Å². The van der Waals surface area contributed by atoms with Crippen molar-refractivity contribution in [2.45, 2.75) is 17.8 Å². The number of rotatable bonds is 2. The molecule has 0 unspecified atom stereocenters. The summed E-state index contributed by atoms with van der Waals surface area (Å²) in [7, 11) is 0. The van der Waals surface area contributed by atoms with E-state index in [1.165, 1.54) is 0 Å². The number of hydrogen-bond acceptors (Lipinski definition) is 3. The van der Waals surface area contributed by atoms with Gasteiger partial charge in [-0.15, -0.1) is 0 Å². The standard InChI is InChI=1S/C12H14O3Se/c1-8-7-15-12(14)11(10(8)13)16-9-5-3-2-4-6-9/h2-6,8,10-11,13H,7H2,1H3/t8-,10+,11+/m0/s1. The first-order valence-corrected chi connectivity index (χ1v) is 7.09. The Bertz CT molecular complexity index is 366. The van der Waals surface area contributed by atoms with Gasteiger partial charge in [0.1, 0.15) is 0 Å². The summed E-state index contributed by atoms with van der Waals surface area (Å²) in [4.78, 5) is 11.2. The SMILES string of the molecule is C[C@H]1COC(=O)[C@H]([Se]c2ccccc2)[C@@H]1O. The summed E-state index contributed by atoms with van der Waals surface area (Å²) in [6, 6.07) is 9.80. The third-order valence-corrected chi connectivity index (χ3v) is 5.28. The average molecular weight is 285 g/mol. The summed E-state index contributed by atoms with van der Waals surface area (Å²) in [6.07, 6.45) is -0.568. The Kier molecular flexibility index (Phi) is 3.64. The number of ether oxygens (including phenoxy) is 1. The zero-order valence-corrected chi connectivity index (χ0v) is 10.7. The molecule has 0 spiro atoms. The zero-order valence-electron chi connectivity index (χ0n) is 9.00. The summed E-state index contributed by atoms with van der Waals surface area (Å²) in [5.41, 5.74) is 0. The molecule has 0 saturated carbocycles. The number of carbonyl (C=O) groups excluding carboxylic acids is 1. The van der Waals surface area contributed by atoms with Crippen LogP contribution >= 0.6 is 0 Å². The van der Waals surface area contributed by atoms with Gasteiger partial charge in [-0.25, -0.2) is 0 Å². The van der Waals surface area contributed by atoms with Gasteiger partial charge in [0.25, 0.3) is 0 Å². The number of aliphatic hydroxyl groups excluding tert-OH is 1. The van der Waals surface area contributed by atoms with Crippen LogP contribution < -0.4 is 4.46 Å². The molecule has 86 valence electrons. The summed E-state index contributed by atoms with van der Waals surface area (Å²) >= 11 is -0.0631. The minimum atomic E-state index is -0.568. The fourth-order valence-electron chi connectivity index (χ4n) is 1.60. The fraction of sp³-hybridized carbons (Fsp3) is 0.417. The van der Waals surface area contributed by atoms with Crippen molar-refractivity contribution in [3.63, 3.8) is 0 Å². The summed E-state index contributed by atoms with van der Waals surface area (Å²) < 4.78 is 6.18. The Hall–Kier alpha value is -0.831. The van der Waals surface area contributed by atoms with Crippen LogP contribution in [0, 0.1) is 5.92 Å². The Labute approximate surface area is 101 Å². The van der Waals surface area contributed by atoms with Crippen LogP contribution in [0.15, 0.2) is 30.3 Å². The fourth-order valence-corrected chi connectivity index (χ4v) is 4.07. The van der Waals surface area contributed by atoms with Gasteiger partial charge in [-0.05, 0) is 0 Å². The van der Waals surface area contributed by atoms with Crippen molar-refractivity contribution in [3.05, 3.63) is 30.3 Å². The van der Waals surface area contributed by atoms with Gasteiger partial charge in [0.2, 0.25) is 0 Å². The van der Waals surface area contributed by atoms with Crippen molar-refractivity contribution in [1.82, 2.24) is 0 Å². The monoisotopic (exact) mass is 286 g/mol. The van der Waals surface area contributed by atoms with E-state index in [0.29, 0.717) is 6.61 Å². The molecule has 0 bridgehead atoms. The van der Waals surface area contributed by atoms with E-state index < -0.39 is 6.10 Å². The second kappa shape index (κ2) is 5.00. The molecule has 1 aromatic rings. The van der Waals surface area contributed by atoms with E-state index in [1.807, 2.05) is 37.3 Å². The van der Waals surface area contributed by atoms with Crippen molar-refractivity contribution in [2.24, 2.45) is 5.92 Å². The molecule has 1 heterocycles. The molecule has 2 rings (SSSR count). The van der Waals surface area contributed by atoms with Crippen LogP contribution in [0.25, 0.3) is 0 Å². The molecule has 0 aromatic heterocycles. The summed E-state index contributed by atoms with van der Waals surface area (Å²) in [5, 5.41) is 9.98. The Morgan fingerprint density at radius 2 is 2.06 bits per heavy atom. The molecule has 4 heteroatoms. The molecule has 1 saturated heterocycles. The average Bonchev–Trinajstić information content (AvgIpc) is 2.31. The molecule has 3 nitrogen and oxygen atoms in total. The van der Waals surface area contributed by atoms with Gasteiger partial charge in [-0.3, -0.25) is 0 Å². The van der Waals surface area contributed by atoms with Crippen LogP contribution in [0.5, 0.6) is 0 Å². The Morgan fingerprint density at radius 1 is 1.38 bits per heavy atom. The number of benzene rings is 1. The van der Waals surface area contributed by atoms with Crippen molar-refractivity contribution in [3.8, 4) is 0 Å². The second-order valence-electron chi connectivity index (χ2n) is 3.95. The third-order valence-electron chi connectivity index (χ3n) is 2.62. The van der Waals surface area contributed by atoms with Crippen molar-refractivity contribution < 1.29 is 14.6 Å². The van der Waals surface area contributed by atoms with Crippen LogP contribution in [0.2, 0.25) is 4.82 Å². The van der Waals surface area contributed by atoms with Crippen LogP contribution in [0.1, 0.15) is 6.92 Å². The van der Waals surface area contributed by atoms with Gasteiger partial charge in [0, 0.05) is 0 Å². The molecule has 0 amide bonds. The van der Waals surface area contributed by atoms with Gasteiger partial charge < -0.3 is 0 Å². The third kappa shape index (κ3) is 2.46. The molecule has 16 heavy (non-hydrogen) atoms. The first-order chi connectivity index (χ1) is 7.68. The van der Waals surface area contributed by atoms with Gasteiger partial charge in [0.15, 0.2) is 0 Å². The number of hydrogen-bond donors (Lipinski definition) is 1. The predicted molar refractivity (Wildman–Crippen MR) is 61.7 cm³/mol. The summed E-state index contributed by atoms with van der Waals surface area (Å²) in [5.74, 6) is -0.220. The normalized spacial score (nSPS) is 29.9. The van der Waals surface area contributed by atoms with Crippen LogP contribution in [-0.4, -0.2) is 38.7 Å². The molecular formula is C12H14O3Se. The van der Waals surface area contributed by atoms with Crippen molar-refractivity contribution in [1.29, 1.82) is 0 Å². The molecular weight excluding hydrogens is 271 g/mol. The van der Waals surface area contributed by atoms with E-state index in [1.54, 1.807) is 0 Å². The number of esters is 1.